The molecule has 146 valence electrons. The number of aliphatic hydroxyl groups is 1. The van der Waals surface area contributed by atoms with Gasteiger partial charge in [-0.2, -0.15) is 0 Å². The van der Waals surface area contributed by atoms with Gasteiger partial charge in [0.1, 0.15) is 0 Å². The van der Waals surface area contributed by atoms with E-state index in [2.05, 4.69) is 47.2 Å². The lowest BCUT2D eigenvalue weighted by atomic mass is 9.94. The molecule has 0 spiro atoms. The molecule has 2 aliphatic rings. The van der Waals surface area contributed by atoms with Crippen molar-refractivity contribution in [1.82, 2.24) is 10.2 Å². The van der Waals surface area contributed by atoms with Gasteiger partial charge in [0.25, 0.3) is 0 Å². The van der Waals surface area contributed by atoms with E-state index in [0.29, 0.717) is 5.92 Å². The lowest BCUT2D eigenvalue weighted by molar-refractivity contribution is 0.195. The summed E-state index contributed by atoms with van der Waals surface area (Å²) in [6.07, 6.45) is 3.29. The number of aliphatic hydroxyl groups excluding tert-OH is 1. The van der Waals surface area contributed by atoms with Gasteiger partial charge in [0.05, 0.1) is 6.10 Å². The molecular weight excluding hydrogens is 322 g/mol. The highest BCUT2D eigenvalue weighted by Gasteiger charge is 2.22. The van der Waals surface area contributed by atoms with Crippen molar-refractivity contribution >= 4 is 5.69 Å². The number of hydrogen-bond donors (Lipinski definition) is 2. The third-order valence-corrected chi connectivity index (χ3v) is 5.92. The van der Waals surface area contributed by atoms with Crippen LogP contribution in [0.3, 0.4) is 0 Å². The van der Waals surface area contributed by atoms with Gasteiger partial charge >= 0.3 is 0 Å². The first kappa shape index (κ1) is 19.7. The summed E-state index contributed by atoms with van der Waals surface area (Å²) < 4.78 is 0. The van der Waals surface area contributed by atoms with Gasteiger partial charge in [0.15, 0.2) is 0 Å². The maximum atomic E-state index is 10.2. The van der Waals surface area contributed by atoms with Gasteiger partial charge in [0.2, 0.25) is 0 Å². The third kappa shape index (κ3) is 5.21. The third-order valence-electron chi connectivity index (χ3n) is 5.92. The molecule has 0 amide bonds. The molecule has 2 fully saturated rings. The number of anilines is 1. The van der Waals surface area contributed by atoms with Crippen molar-refractivity contribution in [2.75, 3.05) is 50.7 Å². The number of rotatable bonds is 6. The summed E-state index contributed by atoms with van der Waals surface area (Å²) in [5.41, 5.74) is 3.67. The Morgan fingerprint density at radius 3 is 2.38 bits per heavy atom. The summed E-state index contributed by atoms with van der Waals surface area (Å²) >= 11 is 0. The van der Waals surface area contributed by atoms with Crippen molar-refractivity contribution in [3.63, 3.8) is 0 Å². The SMILES string of the molecule is CC(C)Cc1ccc(N2CCN(CC3CCNCC3)CC2)cc1C(C)O. The van der Waals surface area contributed by atoms with Crippen LogP contribution in [0.4, 0.5) is 5.69 Å². The summed E-state index contributed by atoms with van der Waals surface area (Å²) in [6, 6.07) is 6.72. The van der Waals surface area contributed by atoms with E-state index < -0.39 is 6.10 Å². The van der Waals surface area contributed by atoms with E-state index >= 15 is 0 Å². The minimum atomic E-state index is -0.398. The number of piperazine rings is 1. The quantitative estimate of drug-likeness (QED) is 0.819. The summed E-state index contributed by atoms with van der Waals surface area (Å²) in [4.78, 5) is 5.14. The molecule has 0 saturated carbocycles. The van der Waals surface area contributed by atoms with Crippen LogP contribution in [-0.2, 0) is 6.42 Å². The molecule has 0 bridgehead atoms. The molecule has 2 heterocycles. The average molecular weight is 360 g/mol. The van der Waals surface area contributed by atoms with Gasteiger partial charge in [-0.1, -0.05) is 19.9 Å². The molecule has 1 aromatic rings. The molecule has 3 rings (SSSR count). The Morgan fingerprint density at radius 1 is 1.08 bits per heavy atom. The first-order valence-corrected chi connectivity index (χ1v) is 10.5. The van der Waals surface area contributed by atoms with E-state index in [1.54, 1.807) is 0 Å². The van der Waals surface area contributed by atoms with Crippen LogP contribution in [0.15, 0.2) is 18.2 Å². The lowest BCUT2D eigenvalue weighted by Crippen LogP contribution is -2.48. The molecule has 0 aliphatic carbocycles. The number of hydrogen-bond acceptors (Lipinski definition) is 4. The number of nitrogens with zero attached hydrogens (tertiary/aromatic N) is 2. The summed E-state index contributed by atoms with van der Waals surface area (Å²) in [7, 11) is 0. The van der Waals surface area contributed by atoms with E-state index in [1.165, 1.54) is 43.7 Å². The molecule has 0 aromatic heterocycles. The van der Waals surface area contributed by atoms with Gasteiger partial charge in [0, 0.05) is 38.4 Å². The van der Waals surface area contributed by atoms with Gasteiger partial charge in [-0.05, 0) is 74.4 Å². The molecule has 1 unspecified atom stereocenters. The van der Waals surface area contributed by atoms with Gasteiger partial charge in [-0.3, -0.25) is 4.90 Å². The fourth-order valence-corrected chi connectivity index (χ4v) is 4.41. The molecule has 2 saturated heterocycles. The van der Waals surface area contributed by atoms with E-state index in [0.717, 1.165) is 44.1 Å². The highest BCUT2D eigenvalue weighted by atomic mass is 16.3. The second kappa shape index (κ2) is 9.20. The second-order valence-corrected chi connectivity index (χ2v) is 8.64. The minimum Gasteiger partial charge on any atom is -0.389 e. The first-order chi connectivity index (χ1) is 12.5. The van der Waals surface area contributed by atoms with E-state index in [9.17, 15) is 5.11 Å². The lowest BCUT2D eigenvalue weighted by Gasteiger charge is -2.38. The zero-order valence-electron chi connectivity index (χ0n) is 16.9. The molecular formula is C22H37N3O. The van der Waals surface area contributed by atoms with Gasteiger partial charge in [-0.15, -0.1) is 0 Å². The Morgan fingerprint density at radius 2 is 1.77 bits per heavy atom. The Labute approximate surface area is 159 Å². The Balaban J connectivity index is 1.59. The van der Waals surface area contributed by atoms with Gasteiger partial charge in [-0.25, -0.2) is 0 Å². The van der Waals surface area contributed by atoms with Crippen LogP contribution >= 0.6 is 0 Å². The zero-order valence-corrected chi connectivity index (χ0v) is 16.9. The Bertz CT molecular complexity index is 559. The van der Waals surface area contributed by atoms with Crippen LogP contribution in [0.2, 0.25) is 0 Å². The van der Waals surface area contributed by atoms with E-state index in [1.807, 2.05) is 6.92 Å². The van der Waals surface area contributed by atoms with Crippen LogP contribution in [-0.4, -0.2) is 55.8 Å². The number of piperidine rings is 1. The maximum Gasteiger partial charge on any atom is 0.0765 e. The average Bonchev–Trinajstić information content (AvgIpc) is 2.63. The van der Waals surface area contributed by atoms with Crippen molar-refractivity contribution in [3.8, 4) is 0 Å². The van der Waals surface area contributed by atoms with Crippen molar-refractivity contribution in [1.29, 1.82) is 0 Å². The monoisotopic (exact) mass is 359 g/mol. The number of nitrogens with one attached hydrogen (secondary N) is 1. The summed E-state index contributed by atoms with van der Waals surface area (Å²) in [5.74, 6) is 1.48. The van der Waals surface area contributed by atoms with Crippen molar-refractivity contribution in [2.45, 2.75) is 46.1 Å². The Kier molecular flexibility index (Phi) is 6.96. The van der Waals surface area contributed by atoms with Crippen LogP contribution in [0.1, 0.15) is 50.8 Å². The fraction of sp³-hybridized carbons (Fsp3) is 0.727. The Hall–Kier alpha value is -1.10. The molecule has 1 atom stereocenters. The summed E-state index contributed by atoms with van der Waals surface area (Å²) in [5, 5.41) is 13.7. The van der Waals surface area contributed by atoms with Crippen LogP contribution in [0, 0.1) is 11.8 Å². The molecule has 26 heavy (non-hydrogen) atoms. The predicted octanol–water partition coefficient (Wildman–Crippen LogP) is 3.06. The molecule has 4 nitrogen and oxygen atoms in total. The van der Waals surface area contributed by atoms with E-state index in [4.69, 9.17) is 0 Å². The van der Waals surface area contributed by atoms with Crippen molar-refractivity contribution < 1.29 is 5.11 Å². The normalized spacial score (nSPS) is 21.3. The smallest absolute Gasteiger partial charge is 0.0765 e. The van der Waals surface area contributed by atoms with Crippen LogP contribution < -0.4 is 10.2 Å². The van der Waals surface area contributed by atoms with Crippen LogP contribution in [0.5, 0.6) is 0 Å². The molecule has 2 N–H and O–H groups in total. The molecule has 4 heteroatoms. The standard InChI is InChI=1S/C22H37N3O/c1-17(2)14-20-4-5-21(15-22(20)18(3)26)25-12-10-24(11-13-25)16-19-6-8-23-9-7-19/h4-5,15,17-19,23,26H,6-14,16H2,1-3H3. The highest BCUT2D eigenvalue weighted by molar-refractivity contribution is 5.52. The first-order valence-electron chi connectivity index (χ1n) is 10.5. The molecule has 2 aliphatic heterocycles. The molecule has 0 radical (unpaired) electrons. The van der Waals surface area contributed by atoms with Gasteiger partial charge < -0.3 is 15.3 Å². The maximum absolute atomic E-state index is 10.2. The largest absolute Gasteiger partial charge is 0.389 e. The van der Waals surface area contributed by atoms with Crippen molar-refractivity contribution in [2.24, 2.45) is 11.8 Å². The number of benzene rings is 1. The highest BCUT2D eigenvalue weighted by Crippen LogP contribution is 2.27. The topological polar surface area (TPSA) is 38.7 Å². The second-order valence-electron chi connectivity index (χ2n) is 8.64. The van der Waals surface area contributed by atoms with E-state index in [-0.39, 0.29) is 0 Å². The fourth-order valence-electron chi connectivity index (χ4n) is 4.41. The van der Waals surface area contributed by atoms with Crippen molar-refractivity contribution in [3.05, 3.63) is 29.3 Å². The minimum absolute atomic E-state index is 0.398. The molecule has 1 aromatic carbocycles. The predicted molar refractivity (Wildman–Crippen MR) is 110 cm³/mol. The van der Waals surface area contributed by atoms with Crippen LogP contribution in [0.25, 0.3) is 0 Å². The summed E-state index contributed by atoms with van der Waals surface area (Å²) in [6.45, 7) is 14.5. The zero-order chi connectivity index (χ0) is 18.5.